The Morgan fingerprint density at radius 1 is 1.04 bits per heavy atom. The predicted molar refractivity (Wildman–Crippen MR) is 92.3 cm³/mol. The summed E-state index contributed by atoms with van der Waals surface area (Å²) >= 11 is 0. The molecular weight excluding hydrogens is 340 g/mol. The van der Waals surface area contributed by atoms with Gasteiger partial charge in [0.1, 0.15) is 6.33 Å². The molecule has 0 saturated heterocycles. The van der Waals surface area contributed by atoms with Crippen LogP contribution in [0.2, 0.25) is 0 Å². The molecule has 0 amide bonds. The lowest BCUT2D eigenvalue weighted by atomic mass is 10.1. The zero-order valence-corrected chi connectivity index (χ0v) is 14.3. The predicted octanol–water partition coefficient (Wildman–Crippen LogP) is 2.03. The number of hydrogen-bond acceptors (Lipinski definition) is 6. The van der Waals surface area contributed by atoms with Crippen molar-refractivity contribution in [1.82, 2.24) is 19.7 Å². The third-order valence-corrected chi connectivity index (χ3v) is 4.95. The van der Waals surface area contributed by atoms with Gasteiger partial charge in [0.2, 0.25) is 15.9 Å². The summed E-state index contributed by atoms with van der Waals surface area (Å²) in [5.41, 5.74) is 2.43. The number of pyridine rings is 1. The number of aromatic nitrogens is 3. The molecule has 0 saturated carbocycles. The van der Waals surface area contributed by atoms with Crippen LogP contribution in [0.5, 0.6) is 5.88 Å². The molecular formula is C17H16N4O3S. The highest BCUT2D eigenvalue weighted by atomic mass is 32.2. The fraction of sp³-hybridized carbons (Fsp3) is 0.118. The Kier molecular flexibility index (Phi) is 5.01. The second-order valence-corrected chi connectivity index (χ2v) is 6.95. The van der Waals surface area contributed by atoms with Crippen molar-refractivity contribution in [3.05, 3.63) is 66.9 Å². The molecule has 0 bridgehead atoms. The summed E-state index contributed by atoms with van der Waals surface area (Å²) in [5, 5.41) is 0. The second kappa shape index (κ2) is 7.37. The van der Waals surface area contributed by atoms with Crippen LogP contribution >= 0.6 is 0 Å². The third kappa shape index (κ3) is 4.17. The van der Waals surface area contributed by atoms with Gasteiger partial charge in [-0.2, -0.15) is 0 Å². The van der Waals surface area contributed by atoms with Crippen molar-refractivity contribution in [3.63, 3.8) is 0 Å². The number of methoxy groups -OCH3 is 1. The van der Waals surface area contributed by atoms with Crippen molar-refractivity contribution < 1.29 is 13.2 Å². The highest BCUT2D eigenvalue weighted by molar-refractivity contribution is 7.89. The maximum atomic E-state index is 12.4. The minimum atomic E-state index is -3.62. The van der Waals surface area contributed by atoms with Crippen LogP contribution in [0, 0.1) is 0 Å². The molecule has 3 aromatic rings. The maximum Gasteiger partial charge on any atom is 0.240 e. The van der Waals surface area contributed by atoms with Crippen molar-refractivity contribution in [2.75, 3.05) is 7.11 Å². The van der Waals surface area contributed by atoms with Gasteiger partial charge in [0, 0.05) is 36.8 Å². The molecule has 2 heterocycles. The van der Waals surface area contributed by atoms with E-state index in [1.54, 1.807) is 55.0 Å². The molecule has 128 valence electrons. The molecule has 0 radical (unpaired) electrons. The Labute approximate surface area is 145 Å². The Bertz CT molecular complexity index is 945. The minimum Gasteiger partial charge on any atom is -0.481 e. The molecule has 3 rings (SSSR count). The molecule has 1 N–H and O–H groups in total. The summed E-state index contributed by atoms with van der Waals surface area (Å²) in [4.78, 5) is 12.1. The molecule has 8 heteroatoms. The molecule has 0 spiro atoms. The van der Waals surface area contributed by atoms with E-state index in [1.807, 2.05) is 0 Å². The van der Waals surface area contributed by atoms with Gasteiger partial charge in [0.15, 0.2) is 0 Å². The first-order valence-electron chi connectivity index (χ1n) is 7.42. The Balaban J connectivity index is 1.73. The summed E-state index contributed by atoms with van der Waals surface area (Å²) in [6.45, 7) is 0.148. The van der Waals surface area contributed by atoms with Crippen LogP contribution in [-0.4, -0.2) is 30.5 Å². The van der Waals surface area contributed by atoms with Gasteiger partial charge in [-0.25, -0.2) is 28.1 Å². The van der Waals surface area contributed by atoms with Crippen molar-refractivity contribution in [1.29, 1.82) is 0 Å². The fourth-order valence-corrected chi connectivity index (χ4v) is 3.23. The third-order valence-electron chi connectivity index (χ3n) is 3.53. The van der Waals surface area contributed by atoms with Gasteiger partial charge < -0.3 is 4.74 Å². The fourth-order valence-electron chi connectivity index (χ4n) is 2.21. The lowest BCUT2D eigenvalue weighted by Gasteiger charge is -2.08. The van der Waals surface area contributed by atoms with Gasteiger partial charge in [-0.1, -0.05) is 12.1 Å². The molecule has 0 aliphatic carbocycles. The van der Waals surface area contributed by atoms with E-state index in [-0.39, 0.29) is 11.4 Å². The van der Waals surface area contributed by atoms with Gasteiger partial charge in [-0.05, 0) is 29.3 Å². The van der Waals surface area contributed by atoms with Gasteiger partial charge >= 0.3 is 0 Å². The lowest BCUT2D eigenvalue weighted by Crippen LogP contribution is -2.23. The zero-order chi connectivity index (χ0) is 17.7. The van der Waals surface area contributed by atoms with Crippen LogP contribution < -0.4 is 9.46 Å². The number of nitrogens with zero attached hydrogens (tertiary/aromatic N) is 3. The first-order chi connectivity index (χ1) is 12.1. The Morgan fingerprint density at radius 2 is 1.76 bits per heavy atom. The lowest BCUT2D eigenvalue weighted by molar-refractivity contribution is 0.397. The standard InChI is InChI=1S/C17H16N4O3S/c1-24-17-8-13(6-7-20-17)9-21-25(22,23)16-4-2-14(3-5-16)15-10-18-12-19-11-15/h2-8,10-12,21H,9H2,1H3. The van der Waals surface area contributed by atoms with Crippen molar-refractivity contribution in [2.45, 2.75) is 11.4 Å². The van der Waals surface area contributed by atoms with Gasteiger partial charge in [0.05, 0.1) is 12.0 Å². The molecule has 25 heavy (non-hydrogen) atoms. The molecule has 0 unspecified atom stereocenters. The van der Waals surface area contributed by atoms with Crippen molar-refractivity contribution in [2.24, 2.45) is 0 Å². The Hall–Kier alpha value is -2.84. The smallest absolute Gasteiger partial charge is 0.240 e. The quantitative estimate of drug-likeness (QED) is 0.726. The van der Waals surface area contributed by atoms with Crippen molar-refractivity contribution in [3.8, 4) is 17.0 Å². The summed E-state index contributed by atoms with van der Waals surface area (Å²) in [5.74, 6) is 0.436. The highest BCUT2D eigenvalue weighted by Gasteiger charge is 2.14. The van der Waals surface area contributed by atoms with Crippen LogP contribution in [0.25, 0.3) is 11.1 Å². The molecule has 7 nitrogen and oxygen atoms in total. The molecule has 1 aromatic carbocycles. The van der Waals surface area contributed by atoms with E-state index in [1.165, 1.54) is 13.4 Å². The zero-order valence-electron chi connectivity index (χ0n) is 13.5. The summed E-state index contributed by atoms with van der Waals surface area (Å²) in [6, 6.07) is 9.96. The van der Waals surface area contributed by atoms with Gasteiger partial charge in [-0.3, -0.25) is 0 Å². The summed E-state index contributed by atoms with van der Waals surface area (Å²) < 4.78 is 32.4. The molecule has 2 aromatic heterocycles. The van der Waals surface area contributed by atoms with Crippen LogP contribution in [-0.2, 0) is 16.6 Å². The van der Waals surface area contributed by atoms with E-state index in [4.69, 9.17) is 4.74 Å². The normalized spacial score (nSPS) is 11.2. The van der Waals surface area contributed by atoms with Crippen LogP contribution in [0.1, 0.15) is 5.56 Å². The van der Waals surface area contributed by atoms with Crippen LogP contribution in [0.4, 0.5) is 0 Å². The number of sulfonamides is 1. The molecule has 0 aliphatic heterocycles. The number of nitrogens with one attached hydrogen (secondary N) is 1. The first-order valence-corrected chi connectivity index (χ1v) is 8.91. The van der Waals surface area contributed by atoms with Gasteiger partial charge in [-0.15, -0.1) is 0 Å². The van der Waals surface area contributed by atoms with Crippen molar-refractivity contribution >= 4 is 10.0 Å². The van der Waals surface area contributed by atoms with E-state index in [9.17, 15) is 8.42 Å². The number of benzene rings is 1. The first kappa shape index (κ1) is 17.0. The number of rotatable bonds is 6. The second-order valence-electron chi connectivity index (χ2n) is 5.18. The topological polar surface area (TPSA) is 94.1 Å². The summed E-state index contributed by atoms with van der Waals surface area (Å²) in [6.07, 6.45) is 6.36. The van der Waals surface area contributed by atoms with E-state index < -0.39 is 10.0 Å². The molecule has 0 fully saturated rings. The Morgan fingerprint density at radius 3 is 2.44 bits per heavy atom. The largest absolute Gasteiger partial charge is 0.481 e. The highest BCUT2D eigenvalue weighted by Crippen LogP contribution is 2.20. The van der Waals surface area contributed by atoms with E-state index in [0.29, 0.717) is 5.88 Å². The van der Waals surface area contributed by atoms with E-state index >= 15 is 0 Å². The number of ether oxygens (including phenoxy) is 1. The van der Waals surface area contributed by atoms with Crippen LogP contribution in [0.3, 0.4) is 0 Å². The van der Waals surface area contributed by atoms with Crippen LogP contribution in [0.15, 0.2) is 66.2 Å². The monoisotopic (exact) mass is 356 g/mol. The average molecular weight is 356 g/mol. The van der Waals surface area contributed by atoms with E-state index in [2.05, 4.69) is 19.7 Å². The maximum absolute atomic E-state index is 12.4. The molecule has 0 atom stereocenters. The summed E-state index contributed by atoms with van der Waals surface area (Å²) in [7, 11) is -2.11. The minimum absolute atomic E-state index is 0.148. The molecule has 0 aliphatic rings. The van der Waals surface area contributed by atoms with E-state index in [0.717, 1.165) is 16.7 Å². The average Bonchev–Trinajstić information content (AvgIpc) is 2.67. The van der Waals surface area contributed by atoms with Gasteiger partial charge in [0.25, 0.3) is 0 Å². The SMILES string of the molecule is COc1cc(CNS(=O)(=O)c2ccc(-c3cncnc3)cc2)ccn1. The number of hydrogen-bond donors (Lipinski definition) is 1.